The lowest BCUT2D eigenvalue weighted by Gasteiger charge is -2.41. The molecule has 1 aliphatic carbocycles. The predicted molar refractivity (Wildman–Crippen MR) is 126 cm³/mol. The number of carbonyl (C=O) groups excluding carboxylic acids is 2. The first kappa shape index (κ1) is 22.6. The van der Waals surface area contributed by atoms with Crippen molar-refractivity contribution in [1.82, 2.24) is 10.1 Å². The standard InChI is InChI=1S/C26H25N3O6/c1-26(24(31)32)12-6-7-13-29(26)23(30)21-14-22(35-28-21)27-25(33)34-15-20-18-10-4-2-8-16(18)17-9-3-5-11-19(17)20/h2-5,8-11,14,20H,6-7,12-13,15H2,1H3,(H,27,33)(H,31,32). The third-order valence-electron chi connectivity index (χ3n) is 6.90. The Hall–Kier alpha value is -4.14. The van der Waals surface area contributed by atoms with Gasteiger partial charge in [-0.15, -0.1) is 0 Å². The number of benzene rings is 2. The van der Waals surface area contributed by atoms with Crippen molar-refractivity contribution in [2.75, 3.05) is 18.5 Å². The molecule has 0 bridgehead atoms. The average molecular weight is 476 g/mol. The van der Waals surface area contributed by atoms with Crippen LogP contribution in [0.5, 0.6) is 0 Å². The number of carboxylic acid groups (broad SMARTS) is 1. The largest absolute Gasteiger partial charge is 0.480 e. The molecule has 2 heterocycles. The van der Waals surface area contributed by atoms with Gasteiger partial charge in [0.05, 0.1) is 0 Å². The third kappa shape index (κ3) is 4.03. The van der Waals surface area contributed by atoms with Crippen LogP contribution in [0.1, 0.15) is 53.7 Å². The molecule has 1 aromatic heterocycles. The van der Waals surface area contributed by atoms with Gasteiger partial charge >= 0.3 is 12.1 Å². The Balaban J connectivity index is 1.24. The van der Waals surface area contributed by atoms with Crippen LogP contribution in [0.4, 0.5) is 10.7 Å². The number of piperidine rings is 1. The number of carboxylic acids is 1. The van der Waals surface area contributed by atoms with Crippen molar-refractivity contribution in [2.45, 2.75) is 37.6 Å². The van der Waals surface area contributed by atoms with Crippen LogP contribution in [0.15, 0.2) is 59.1 Å². The summed E-state index contributed by atoms with van der Waals surface area (Å²) in [6.07, 6.45) is 1.05. The summed E-state index contributed by atoms with van der Waals surface area (Å²) in [5.74, 6) is -1.77. The second-order valence-corrected chi connectivity index (χ2v) is 9.02. The van der Waals surface area contributed by atoms with Crippen LogP contribution in [0, 0.1) is 0 Å². The second-order valence-electron chi connectivity index (χ2n) is 9.02. The van der Waals surface area contributed by atoms with Crippen molar-refractivity contribution in [3.8, 4) is 11.1 Å². The Morgan fingerprint density at radius 1 is 1.11 bits per heavy atom. The maximum absolute atomic E-state index is 12.9. The number of nitrogens with one attached hydrogen (secondary N) is 1. The van der Waals surface area contributed by atoms with E-state index in [1.807, 2.05) is 36.4 Å². The first-order chi connectivity index (χ1) is 16.9. The molecule has 9 heteroatoms. The first-order valence-corrected chi connectivity index (χ1v) is 11.5. The molecule has 1 saturated heterocycles. The van der Waals surface area contributed by atoms with Crippen molar-refractivity contribution in [2.24, 2.45) is 0 Å². The molecule has 5 rings (SSSR count). The van der Waals surface area contributed by atoms with E-state index < -0.39 is 23.5 Å². The van der Waals surface area contributed by atoms with Crippen molar-refractivity contribution < 1.29 is 28.8 Å². The molecule has 2 N–H and O–H groups in total. The van der Waals surface area contributed by atoms with Crippen LogP contribution in [0.25, 0.3) is 11.1 Å². The lowest BCUT2D eigenvalue weighted by Crippen LogP contribution is -2.57. The van der Waals surface area contributed by atoms with E-state index in [0.717, 1.165) is 28.7 Å². The molecule has 35 heavy (non-hydrogen) atoms. The number of rotatable bonds is 5. The van der Waals surface area contributed by atoms with E-state index in [4.69, 9.17) is 9.26 Å². The van der Waals surface area contributed by atoms with Crippen LogP contribution < -0.4 is 5.32 Å². The van der Waals surface area contributed by atoms with E-state index in [1.165, 1.54) is 17.9 Å². The van der Waals surface area contributed by atoms with E-state index in [9.17, 15) is 19.5 Å². The highest BCUT2D eigenvalue weighted by atomic mass is 16.6. The quantitative estimate of drug-likeness (QED) is 0.557. The summed E-state index contributed by atoms with van der Waals surface area (Å²) in [6, 6.07) is 17.3. The molecule has 9 nitrogen and oxygen atoms in total. The minimum absolute atomic E-state index is 0.0559. The summed E-state index contributed by atoms with van der Waals surface area (Å²) in [5, 5.41) is 15.8. The highest BCUT2D eigenvalue weighted by molar-refractivity contribution is 5.97. The van der Waals surface area contributed by atoms with Gasteiger partial charge in [-0.25, -0.2) is 9.59 Å². The topological polar surface area (TPSA) is 122 Å². The van der Waals surface area contributed by atoms with Gasteiger partial charge in [-0.05, 0) is 48.4 Å². The van der Waals surface area contributed by atoms with E-state index in [1.54, 1.807) is 0 Å². The second kappa shape index (κ2) is 8.90. The van der Waals surface area contributed by atoms with E-state index in [-0.39, 0.29) is 24.1 Å². The minimum atomic E-state index is -1.31. The van der Waals surface area contributed by atoms with Gasteiger partial charge in [0.2, 0.25) is 5.88 Å². The fourth-order valence-corrected chi connectivity index (χ4v) is 4.98. The zero-order valence-corrected chi connectivity index (χ0v) is 19.2. The summed E-state index contributed by atoms with van der Waals surface area (Å²) in [4.78, 5) is 38.5. The number of carbonyl (C=O) groups is 3. The molecule has 1 unspecified atom stereocenters. The van der Waals surface area contributed by atoms with Gasteiger partial charge in [-0.3, -0.25) is 10.1 Å². The maximum atomic E-state index is 12.9. The Labute approximate surface area is 201 Å². The predicted octanol–water partition coefficient (Wildman–Crippen LogP) is 4.51. The molecule has 1 aliphatic heterocycles. The molecule has 3 aromatic rings. The van der Waals surface area contributed by atoms with Gasteiger partial charge in [-0.2, -0.15) is 0 Å². The first-order valence-electron chi connectivity index (χ1n) is 11.5. The monoisotopic (exact) mass is 475 g/mol. The summed E-state index contributed by atoms with van der Waals surface area (Å²) in [5.41, 5.74) is 3.06. The number of fused-ring (bicyclic) bond motifs is 3. The van der Waals surface area contributed by atoms with E-state index in [2.05, 4.69) is 22.6 Å². The number of amides is 2. The number of aromatic nitrogens is 1. The summed E-state index contributed by atoms with van der Waals surface area (Å²) < 4.78 is 10.6. The highest BCUT2D eigenvalue weighted by Crippen LogP contribution is 2.44. The highest BCUT2D eigenvalue weighted by Gasteiger charge is 2.44. The van der Waals surface area contributed by atoms with E-state index >= 15 is 0 Å². The molecule has 0 saturated carbocycles. The molecule has 1 fully saturated rings. The Bertz CT molecular complexity index is 1260. The van der Waals surface area contributed by atoms with Crippen molar-refractivity contribution >= 4 is 23.9 Å². The lowest BCUT2D eigenvalue weighted by molar-refractivity contribution is -0.150. The SMILES string of the molecule is CC1(C(=O)O)CCCCN1C(=O)c1cc(NC(=O)OCC2c3ccccc3-c3ccccc32)on1. The number of aliphatic carboxylic acids is 1. The smallest absolute Gasteiger partial charge is 0.414 e. The van der Waals surface area contributed by atoms with Gasteiger partial charge in [-0.1, -0.05) is 53.7 Å². The number of hydrogen-bond donors (Lipinski definition) is 2. The molecule has 0 radical (unpaired) electrons. The number of hydrogen-bond acceptors (Lipinski definition) is 6. The Kier molecular flexibility index (Phi) is 5.76. The number of likely N-dealkylation sites (tertiary alicyclic amines) is 1. The number of ether oxygens (including phenoxy) is 1. The normalized spacial score (nSPS) is 19.1. The van der Waals surface area contributed by atoms with Gasteiger partial charge in [0, 0.05) is 18.5 Å². The molecule has 180 valence electrons. The molecular weight excluding hydrogens is 450 g/mol. The van der Waals surface area contributed by atoms with Crippen LogP contribution in [-0.2, 0) is 9.53 Å². The summed E-state index contributed by atoms with van der Waals surface area (Å²) >= 11 is 0. The van der Waals surface area contributed by atoms with Crippen LogP contribution >= 0.6 is 0 Å². The fraction of sp³-hybridized carbons (Fsp3) is 0.308. The molecule has 1 atom stereocenters. The molecule has 0 spiro atoms. The van der Waals surface area contributed by atoms with Gasteiger partial charge < -0.3 is 19.3 Å². The van der Waals surface area contributed by atoms with Gasteiger partial charge in [0.15, 0.2) is 5.69 Å². The van der Waals surface area contributed by atoms with Crippen molar-refractivity contribution in [1.29, 1.82) is 0 Å². The summed E-state index contributed by atoms with van der Waals surface area (Å²) in [7, 11) is 0. The zero-order chi connectivity index (χ0) is 24.6. The van der Waals surface area contributed by atoms with Crippen molar-refractivity contribution in [3.63, 3.8) is 0 Å². The van der Waals surface area contributed by atoms with Crippen LogP contribution in [0.2, 0.25) is 0 Å². The zero-order valence-electron chi connectivity index (χ0n) is 19.2. The van der Waals surface area contributed by atoms with E-state index in [0.29, 0.717) is 19.4 Å². The van der Waals surface area contributed by atoms with Gasteiger partial charge in [0.25, 0.3) is 5.91 Å². The average Bonchev–Trinajstić information content (AvgIpc) is 3.45. The molecule has 2 amide bonds. The lowest BCUT2D eigenvalue weighted by atomic mass is 9.88. The minimum Gasteiger partial charge on any atom is -0.480 e. The van der Waals surface area contributed by atoms with Crippen LogP contribution in [0.3, 0.4) is 0 Å². The van der Waals surface area contributed by atoms with Crippen LogP contribution in [-0.4, -0.2) is 51.8 Å². The number of anilines is 1. The van der Waals surface area contributed by atoms with Crippen molar-refractivity contribution in [3.05, 3.63) is 71.4 Å². The molecular formula is C26H25N3O6. The maximum Gasteiger partial charge on any atom is 0.414 e. The molecule has 2 aliphatic rings. The third-order valence-corrected chi connectivity index (χ3v) is 6.90. The van der Waals surface area contributed by atoms with Gasteiger partial charge in [0.1, 0.15) is 12.1 Å². The molecule has 2 aromatic carbocycles. The Morgan fingerprint density at radius 2 is 1.77 bits per heavy atom. The Morgan fingerprint density at radius 3 is 2.43 bits per heavy atom. The fourth-order valence-electron chi connectivity index (χ4n) is 4.98. The summed E-state index contributed by atoms with van der Waals surface area (Å²) in [6.45, 7) is 1.97. The number of nitrogens with zero attached hydrogens (tertiary/aromatic N) is 2.